The lowest BCUT2D eigenvalue weighted by Gasteiger charge is -2.19. The van der Waals surface area contributed by atoms with Crippen molar-refractivity contribution in [2.24, 2.45) is 5.92 Å². The molecule has 1 aliphatic heterocycles. The van der Waals surface area contributed by atoms with Crippen LogP contribution in [0.25, 0.3) is 0 Å². The lowest BCUT2D eigenvalue weighted by Crippen LogP contribution is -2.51. The van der Waals surface area contributed by atoms with Crippen molar-refractivity contribution < 1.29 is 19.8 Å². The highest BCUT2D eigenvalue weighted by Crippen LogP contribution is 2.08. The van der Waals surface area contributed by atoms with Crippen molar-refractivity contribution >= 4 is 11.8 Å². The summed E-state index contributed by atoms with van der Waals surface area (Å²) in [6, 6.07) is -1.26. The van der Waals surface area contributed by atoms with Crippen LogP contribution >= 0.6 is 0 Å². The molecule has 0 saturated heterocycles. The molecule has 0 aromatic carbocycles. The molecule has 1 unspecified atom stereocenters. The van der Waals surface area contributed by atoms with Crippen LogP contribution in [0.4, 0.5) is 0 Å². The van der Waals surface area contributed by atoms with E-state index in [4.69, 9.17) is 0 Å². The van der Waals surface area contributed by atoms with Gasteiger partial charge in [-0.3, -0.25) is 14.9 Å². The fourth-order valence-corrected chi connectivity index (χ4v) is 2.13. The van der Waals surface area contributed by atoms with E-state index in [1.807, 2.05) is 20.8 Å². The van der Waals surface area contributed by atoms with Crippen molar-refractivity contribution in [1.29, 1.82) is 0 Å². The van der Waals surface area contributed by atoms with Crippen LogP contribution in [-0.4, -0.2) is 53.3 Å². The molecule has 1 heterocycles. The molecule has 0 saturated carbocycles. The Morgan fingerprint density at radius 2 is 2.10 bits per heavy atom. The van der Waals surface area contributed by atoms with Crippen LogP contribution < -0.4 is 16.0 Å². The van der Waals surface area contributed by atoms with E-state index in [-0.39, 0.29) is 36.2 Å². The molecule has 7 nitrogen and oxygen atoms in total. The zero-order chi connectivity index (χ0) is 16.0. The largest absolute Gasteiger partial charge is 0.511 e. The zero-order valence-electron chi connectivity index (χ0n) is 12.7. The van der Waals surface area contributed by atoms with Crippen LogP contribution in [0.2, 0.25) is 0 Å². The van der Waals surface area contributed by atoms with Crippen LogP contribution in [-0.2, 0) is 9.59 Å². The van der Waals surface area contributed by atoms with E-state index >= 15 is 0 Å². The summed E-state index contributed by atoms with van der Waals surface area (Å²) in [7, 11) is 0. The van der Waals surface area contributed by atoms with E-state index < -0.39 is 18.6 Å². The van der Waals surface area contributed by atoms with Gasteiger partial charge in [0, 0.05) is 19.0 Å². The first kappa shape index (κ1) is 17.5. The third-order valence-corrected chi connectivity index (χ3v) is 3.15. The van der Waals surface area contributed by atoms with Gasteiger partial charge in [-0.25, -0.2) is 0 Å². The zero-order valence-corrected chi connectivity index (χ0v) is 12.7. The van der Waals surface area contributed by atoms with Crippen molar-refractivity contribution in [2.45, 2.75) is 45.3 Å². The number of carbonyl (C=O) groups excluding carboxylic acids is 2. The van der Waals surface area contributed by atoms with E-state index in [1.54, 1.807) is 6.08 Å². The van der Waals surface area contributed by atoms with Crippen LogP contribution in [0.15, 0.2) is 11.8 Å². The number of aliphatic hydroxyl groups excluding tert-OH is 2. The van der Waals surface area contributed by atoms with Gasteiger partial charge in [-0.1, -0.05) is 13.8 Å². The summed E-state index contributed by atoms with van der Waals surface area (Å²) in [5.74, 6) is -0.371. The number of aliphatic hydroxyl groups is 2. The number of carbonyl (C=O) groups is 2. The molecular formula is C14H25N3O4. The van der Waals surface area contributed by atoms with Gasteiger partial charge in [0.1, 0.15) is 11.8 Å². The summed E-state index contributed by atoms with van der Waals surface area (Å²) in [5.41, 5.74) is 0. The Labute approximate surface area is 124 Å². The minimum Gasteiger partial charge on any atom is -0.511 e. The molecular weight excluding hydrogens is 274 g/mol. The Kier molecular flexibility index (Phi) is 6.64. The summed E-state index contributed by atoms with van der Waals surface area (Å²) in [4.78, 5) is 23.5. The predicted octanol–water partition coefficient (Wildman–Crippen LogP) is -0.572. The molecule has 0 bridgehead atoms. The maximum absolute atomic E-state index is 11.9. The smallest absolute Gasteiger partial charge is 0.245 e. The molecule has 0 radical (unpaired) electrons. The summed E-state index contributed by atoms with van der Waals surface area (Å²) in [6.45, 7) is 5.42. The molecule has 21 heavy (non-hydrogen) atoms. The molecule has 0 fully saturated rings. The van der Waals surface area contributed by atoms with E-state index in [9.17, 15) is 19.8 Å². The summed E-state index contributed by atoms with van der Waals surface area (Å²) >= 11 is 0. The van der Waals surface area contributed by atoms with Crippen LogP contribution in [0.1, 0.15) is 27.2 Å². The number of hydrogen-bond donors (Lipinski definition) is 5. The minimum absolute atomic E-state index is 0.0475. The fourth-order valence-electron chi connectivity index (χ4n) is 2.13. The van der Waals surface area contributed by atoms with Gasteiger partial charge in [0.05, 0.1) is 12.6 Å². The predicted molar refractivity (Wildman–Crippen MR) is 78.6 cm³/mol. The molecule has 7 heteroatoms. The van der Waals surface area contributed by atoms with Crippen molar-refractivity contribution in [3.05, 3.63) is 11.8 Å². The van der Waals surface area contributed by atoms with Gasteiger partial charge in [0.2, 0.25) is 11.8 Å². The van der Waals surface area contributed by atoms with Gasteiger partial charge < -0.3 is 20.8 Å². The molecule has 120 valence electrons. The summed E-state index contributed by atoms with van der Waals surface area (Å²) in [6.07, 6.45) is 1.97. The maximum atomic E-state index is 11.9. The molecule has 2 amide bonds. The Hall–Kier alpha value is -1.60. The number of nitrogens with one attached hydrogen (secondary N) is 3. The highest BCUT2D eigenvalue weighted by atomic mass is 16.3. The first-order valence-corrected chi connectivity index (χ1v) is 7.18. The molecule has 0 aromatic rings. The lowest BCUT2D eigenvalue weighted by molar-refractivity contribution is -0.130. The SMILES string of the molecule is CC(C)CC(=O)NC(CO)C(=O)NC[C@H]1N[C@@H](C)C=C1O. The summed E-state index contributed by atoms with van der Waals surface area (Å²) < 4.78 is 0. The average molecular weight is 299 g/mol. The van der Waals surface area contributed by atoms with Gasteiger partial charge in [0.15, 0.2) is 0 Å². The average Bonchev–Trinajstić information content (AvgIpc) is 2.70. The van der Waals surface area contributed by atoms with Crippen LogP contribution in [0.5, 0.6) is 0 Å². The normalized spacial score (nSPS) is 22.8. The Bertz CT molecular complexity index is 409. The molecule has 0 aromatic heterocycles. The van der Waals surface area contributed by atoms with Crippen molar-refractivity contribution in [3.8, 4) is 0 Å². The van der Waals surface area contributed by atoms with E-state index in [0.717, 1.165) is 0 Å². The quantitative estimate of drug-likeness (QED) is 0.432. The monoisotopic (exact) mass is 299 g/mol. The fraction of sp³-hybridized carbons (Fsp3) is 0.714. The van der Waals surface area contributed by atoms with Crippen molar-refractivity contribution in [3.63, 3.8) is 0 Å². The van der Waals surface area contributed by atoms with Crippen molar-refractivity contribution in [1.82, 2.24) is 16.0 Å². The Balaban J connectivity index is 2.41. The number of amides is 2. The maximum Gasteiger partial charge on any atom is 0.245 e. The molecule has 5 N–H and O–H groups in total. The molecule has 0 spiro atoms. The molecule has 1 aliphatic rings. The minimum atomic E-state index is -0.971. The van der Waals surface area contributed by atoms with Gasteiger partial charge >= 0.3 is 0 Å². The standard InChI is InChI=1S/C14H25N3O4/c1-8(2)4-13(20)17-11(7-18)14(21)15-6-10-12(19)5-9(3)16-10/h5,8-11,16,18-19H,4,6-7H2,1-3H3,(H,15,21)(H,17,20)/t9-,10+,11?/m0/s1. The first-order chi connectivity index (χ1) is 9.83. The van der Waals surface area contributed by atoms with Gasteiger partial charge in [-0.15, -0.1) is 0 Å². The third-order valence-electron chi connectivity index (χ3n) is 3.15. The molecule has 1 rings (SSSR count). The number of hydrogen-bond acceptors (Lipinski definition) is 5. The van der Waals surface area contributed by atoms with E-state index in [2.05, 4.69) is 16.0 Å². The second-order valence-electron chi connectivity index (χ2n) is 5.75. The van der Waals surface area contributed by atoms with Crippen LogP contribution in [0.3, 0.4) is 0 Å². The second-order valence-corrected chi connectivity index (χ2v) is 5.75. The highest BCUT2D eigenvalue weighted by molar-refractivity contribution is 5.87. The van der Waals surface area contributed by atoms with E-state index in [0.29, 0.717) is 6.42 Å². The van der Waals surface area contributed by atoms with Gasteiger partial charge in [-0.2, -0.15) is 0 Å². The molecule has 3 atom stereocenters. The van der Waals surface area contributed by atoms with Gasteiger partial charge in [-0.05, 0) is 18.9 Å². The van der Waals surface area contributed by atoms with Crippen molar-refractivity contribution in [2.75, 3.05) is 13.2 Å². The lowest BCUT2D eigenvalue weighted by atomic mass is 10.1. The highest BCUT2D eigenvalue weighted by Gasteiger charge is 2.25. The topological polar surface area (TPSA) is 111 Å². The second kappa shape index (κ2) is 7.99. The third kappa shape index (κ3) is 5.73. The van der Waals surface area contributed by atoms with E-state index in [1.165, 1.54) is 0 Å². The first-order valence-electron chi connectivity index (χ1n) is 7.18. The van der Waals surface area contributed by atoms with Crippen LogP contribution in [0, 0.1) is 5.92 Å². The number of rotatable bonds is 7. The Morgan fingerprint density at radius 3 is 2.57 bits per heavy atom. The Morgan fingerprint density at radius 1 is 1.43 bits per heavy atom. The van der Waals surface area contributed by atoms with Gasteiger partial charge in [0.25, 0.3) is 0 Å². The summed E-state index contributed by atoms with van der Waals surface area (Å²) in [5, 5.41) is 27.0. The molecule has 0 aliphatic carbocycles.